The van der Waals surface area contributed by atoms with Crippen molar-refractivity contribution in [3.63, 3.8) is 0 Å². The van der Waals surface area contributed by atoms with E-state index in [1.807, 2.05) is 38.9 Å². The summed E-state index contributed by atoms with van der Waals surface area (Å²) in [4.78, 5) is 69.8. The smallest absolute Gasteiger partial charge is 0.308 e. The lowest BCUT2D eigenvalue weighted by atomic mass is 9.82. The molecule has 510 valence electrons. The van der Waals surface area contributed by atoms with Crippen LogP contribution in [0.2, 0.25) is 0 Å². The number of hydrogen-bond donors (Lipinski definition) is 13. The number of hydrogen-bond acceptors (Lipinski definition) is 22. The zero-order valence-corrected chi connectivity index (χ0v) is 53.9. The Kier molecular flexibility index (Phi) is 34.0. The Morgan fingerprint density at radius 1 is 0.703 bits per heavy atom. The average molecular weight is 1280 g/mol. The van der Waals surface area contributed by atoms with Gasteiger partial charge in [-0.1, -0.05) is 98.9 Å². The maximum atomic E-state index is 14.0. The summed E-state index contributed by atoms with van der Waals surface area (Å²) < 4.78 is 24.6. The summed E-state index contributed by atoms with van der Waals surface area (Å²) >= 11 is 0. The number of esters is 1. The fourth-order valence-electron chi connectivity index (χ4n) is 11.3. The molecule has 0 spiro atoms. The lowest BCUT2D eigenvalue weighted by Gasteiger charge is -2.46. The van der Waals surface area contributed by atoms with Gasteiger partial charge >= 0.3 is 5.97 Å². The predicted octanol–water partition coefficient (Wildman–Crippen LogP) is 2.06. The second-order valence-electron chi connectivity index (χ2n) is 24.9. The van der Waals surface area contributed by atoms with E-state index < -0.39 is 178 Å². The van der Waals surface area contributed by atoms with Crippen molar-refractivity contribution in [1.29, 1.82) is 0 Å². The molecule has 0 aliphatic carbocycles. The van der Waals surface area contributed by atoms with Crippen LogP contribution in [0, 0.1) is 17.8 Å². The number of aliphatic hydroxyl groups excluding tert-OH is 9. The van der Waals surface area contributed by atoms with Gasteiger partial charge in [-0.05, 0) is 97.4 Å². The number of nitrogens with zero attached hydrogens (tertiary/aromatic N) is 2. The molecule has 4 rings (SSSR count). The summed E-state index contributed by atoms with van der Waals surface area (Å²) in [5.74, 6) is -7.10. The first kappa shape index (κ1) is 77.8. The Balaban J connectivity index is 1.62. The van der Waals surface area contributed by atoms with Crippen LogP contribution in [0.4, 0.5) is 5.69 Å². The van der Waals surface area contributed by atoms with Crippen LogP contribution in [0.1, 0.15) is 108 Å². The molecule has 2 amide bonds. The number of anilines is 1. The Morgan fingerprint density at radius 2 is 1.27 bits per heavy atom. The van der Waals surface area contributed by atoms with E-state index in [4.69, 9.17) is 18.9 Å². The van der Waals surface area contributed by atoms with Crippen molar-refractivity contribution in [2.45, 2.75) is 195 Å². The number of amides is 2. The first-order chi connectivity index (χ1) is 43.1. The third-order valence-electron chi connectivity index (χ3n) is 16.0. The third-order valence-corrected chi connectivity index (χ3v) is 16.0. The summed E-state index contributed by atoms with van der Waals surface area (Å²) in [6, 6.07) is 5.68. The molecular weight excluding hydrogens is 1180 g/mol. The minimum absolute atomic E-state index is 0.0513. The number of carbonyl (C=O) groups is 5. The molecule has 2 fully saturated rings. The fraction of sp³-hybridized carbons (Fsp3) is 0.627. The maximum absolute atomic E-state index is 14.0. The summed E-state index contributed by atoms with van der Waals surface area (Å²) in [7, 11) is 8.75. The van der Waals surface area contributed by atoms with Crippen molar-refractivity contribution in [2.75, 3.05) is 60.2 Å². The van der Waals surface area contributed by atoms with E-state index in [9.17, 15) is 75.0 Å². The Hall–Kier alpha value is -5.65. The first-order valence-corrected chi connectivity index (χ1v) is 31.5. The normalized spacial score (nSPS) is 32.4. The SMILES string of the molecule is CNc1ccc(C(=O)CC(O)CC[C@H](C)[C@H]2OC(=O)C[C@H](O)CC(=O)C[C@H](O)C[C@H](O)C[C@H](O)C[C@H](O)C[C@]3(O)C[C@H](O)[C@@H](C(=O)NCCN(C)C)[C@H](C[C@@H](O[C@@H]4O[C@H](C)[C@@H](O)[C@H](NC(=O)CN(C)C)[C@@H]4O)C=CC=CC=CC=CC=CC=CC=C[C@@H]2C)O3)cc1. The van der Waals surface area contributed by atoms with Crippen LogP contribution >= 0.6 is 0 Å². The number of nitrogens with one attached hydrogen (secondary N) is 3. The highest BCUT2D eigenvalue weighted by Crippen LogP contribution is 2.38. The maximum Gasteiger partial charge on any atom is 0.308 e. The number of ether oxygens (including phenoxy) is 4. The second kappa shape index (κ2) is 39.8. The lowest BCUT2D eigenvalue weighted by Crippen LogP contribution is -2.64. The molecule has 0 saturated carbocycles. The van der Waals surface area contributed by atoms with Crippen molar-refractivity contribution in [1.82, 2.24) is 20.4 Å². The highest BCUT2D eigenvalue weighted by Gasteiger charge is 2.51. The fourth-order valence-corrected chi connectivity index (χ4v) is 11.3. The van der Waals surface area contributed by atoms with Crippen LogP contribution in [0.15, 0.2) is 109 Å². The second-order valence-corrected chi connectivity index (χ2v) is 24.9. The Labute approximate surface area is 535 Å². The molecule has 1 unspecified atom stereocenters. The third kappa shape index (κ3) is 28.6. The molecule has 2 saturated heterocycles. The van der Waals surface area contributed by atoms with Crippen molar-refractivity contribution in [2.24, 2.45) is 17.8 Å². The zero-order chi connectivity index (χ0) is 67.4. The van der Waals surface area contributed by atoms with E-state index in [1.54, 1.807) is 129 Å². The van der Waals surface area contributed by atoms with Gasteiger partial charge < -0.3 is 95.8 Å². The largest absolute Gasteiger partial charge is 0.461 e. The predicted molar refractivity (Wildman–Crippen MR) is 342 cm³/mol. The van der Waals surface area contributed by atoms with Crippen molar-refractivity contribution in [3.05, 3.63) is 115 Å². The summed E-state index contributed by atoms with van der Waals surface area (Å²) in [5, 5.41) is 121. The van der Waals surface area contributed by atoms with Crippen LogP contribution in [-0.4, -0.2) is 243 Å². The minimum atomic E-state index is -2.32. The van der Waals surface area contributed by atoms with Gasteiger partial charge in [-0.3, -0.25) is 24.0 Å². The highest BCUT2D eigenvalue weighted by molar-refractivity contribution is 5.96. The van der Waals surface area contributed by atoms with E-state index in [0.717, 1.165) is 5.69 Å². The molecule has 3 heterocycles. The van der Waals surface area contributed by atoms with Gasteiger partial charge in [0.15, 0.2) is 17.9 Å². The number of likely N-dealkylation sites (N-methyl/N-ethyl adjacent to an activating group) is 2. The number of Topliss-reactive ketones (excluding diaryl/α,β-unsaturated/α-hetero) is 2. The Bertz CT molecular complexity index is 2610. The molecule has 3 aliphatic rings. The van der Waals surface area contributed by atoms with Crippen LogP contribution in [0.3, 0.4) is 0 Å². The molecule has 0 aromatic heterocycles. The number of aliphatic hydroxyl groups is 10. The topological polar surface area (TPSA) is 367 Å². The van der Waals surface area contributed by atoms with E-state index in [0.29, 0.717) is 18.5 Å². The van der Waals surface area contributed by atoms with Crippen LogP contribution in [0.5, 0.6) is 0 Å². The molecule has 1 aromatic rings. The number of benzene rings is 1. The lowest BCUT2D eigenvalue weighted by molar-refractivity contribution is -0.307. The van der Waals surface area contributed by atoms with Crippen molar-refractivity contribution >= 4 is 35.0 Å². The molecular formula is C67H103N5O19. The average Bonchev–Trinajstić information content (AvgIpc) is 0.818. The van der Waals surface area contributed by atoms with Gasteiger partial charge in [0.2, 0.25) is 11.8 Å². The molecule has 3 aliphatic heterocycles. The summed E-state index contributed by atoms with van der Waals surface area (Å²) in [6.45, 7) is 5.81. The zero-order valence-electron chi connectivity index (χ0n) is 53.9. The summed E-state index contributed by atoms with van der Waals surface area (Å²) in [5.41, 5.74) is 1.30. The minimum Gasteiger partial charge on any atom is -0.461 e. The molecule has 91 heavy (non-hydrogen) atoms. The number of rotatable bonds is 17. The van der Waals surface area contributed by atoms with Gasteiger partial charge in [-0.2, -0.15) is 0 Å². The number of allylic oxidation sites excluding steroid dienone is 12. The first-order valence-electron chi connectivity index (χ1n) is 31.5. The van der Waals surface area contributed by atoms with Crippen molar-refractivity contribution in [3.8, 4) is 0 Å². The molecule has 1 aromatic carbocycles. The molecule has 0 radical (unpaired) electrons. The monoisotopic (exact) mass is 1280 g/mol. The van der Waals surface area contributed by atoms with Crippen LogP contribution in [0.25, 0.3) is 0 Å². The van der Waals surface area contributed by atoms with Crippen molar-refractivity contribution < 1.29 is 94.0 Å². The number of ketones is 2. The van der Waals surface area contributed by atoms with E-state index >= 15 is 0 Å². The van der Waals surface area contributed by atoms with Crippen LogP contribution in [-0.2, 0) is 38.1 Å². The highest BCUT2D eigenvalue weighted by atomic mass is 16.7. The van der Waals surface area contributed by atoms with Gasteiger partial charge in [-0.15, -0.1) is 0 Å². The van der Waals surface area contributed by atoms with Gasteiger partial charge in [-0.25, -0.2) is 0 Å². The van der Waals surface area contributed by atoms with E-state index in [-0.39, 0.29) is 50.0 Å². The van der Waals surface area contributed by atoms with Gasteiger partial charge in [0, 0.05) is 75.8 Å². The van der Waals surface area contributed by atoms with E-state index in [1.165, 1.54) is 6.92 Å². The number of cyclic esters (lactones) is 1. The number of carbonyl (C=O) groups excluding carboxylic acids is 5. The van der Waals surface area contributed by atoms with Gasteiger partial charge in [0.05, 0.1) is 86.0 Å². The quantitative estimate of drug-likeness (QED) is 0.0784. The Morgan fingerprint density at radius 3 is 1.87 bits per heavy atom. The van der Waals surface area contributed by atoms with Gasteiger partial charge in [0.1, 0.15) is 24.1 Å². The molecule has 24 nitrogen and oxygen atoms in total. The molecule has 13 N–H and O–H groups in total. The molecule has 24 heteroatoms. The molecule has 19 atom stereocenters. The summed E-state index contributed by atoms with van der Waals surface area (Å²) in [6.07, 6.45) is 2.19. The number of fused-ring (bicyclic) bond motifs is 2. The standard InChI is InChI=1S/C67H103N5O19/c1-42-21-19-17-15-13-11-9-10-12-14-16-18-20-22-54(89-66-63(85)61(62(84)44(3)88-66)70-58(82)41-72(7)8)38-57-60(65(86)69-29-30-71(5)6)56(81)40-67(87,91-57)39-53(79)35-51(77)33-49(75)31-48(74)32-50(76)34-52(78)37-59(83)90-64(42)43(2)23-28-47(73)36-55(80)45-24-26-46(68-4)27-25-45/h9-22,24-27,42-44,47-49,51-54,56-57,60-64,66,68,73-75,77-79,81,84-85,87H,23,28-41H2,1-8H3,(H,69,86)(H,70,82)/t42-,43-,44+,47?,48+,49-,51-,52+,53-,54-,56-,57-,60+,61-,62+,63-,64-,66-,67+/m0/s1. The van der Waals surface area contributed by atoms with Crippen LogP contribution < -0.4 is 16.0 Å². The van der Waals surface area contributed by atoms with Gasteiger partial charge in [0.25, 0.3) is 0 Å². The van der Waals surface area contributed by atoms with E-state index in [2.05, 4.69) is 16.0 Å². The molecule has 2 bridgehead atoms.